The number of likely N-dealkylation sites (tertiary alicyclic amines) is 1. The molecule has 0 radical (unpaired) electrons. The molecular weight excluding hydrogens is 239 g/mol. The van der Waals surface area contributed by atoms with Crippen LogP contribution in [0, 0.1) is 12.7 Å². The Hall–Kier alpha value is -0.930. The summed E-state index contributed by atoms with van der Waals surface area (Å²) < 4.78 is 13.5. The van der Waals surface area contributed by atoms with Crippen LogP contribution in [-0.2, 0) is 0 Å². The monoisotopic (exact) mass is 264 g/mol. The van der Waals surface area contributed by atoms with Crippen molar-refractivity contribution in [1.82, 2.24) is 4.90 Å². The number of hydrogen-bond acceptors (Lipinski definition) is 2. The van der Waals surface area contributed by atoms with Crippen LogP contribution in [0.5, 0.6) is 0 Å². The molecule has 0 spiro atoms. The number of halogens is 1. The maximum atomic E-state index is 13.5. The highest BCUT2D eigenvalue weighted by molar-refractivity contribution is 5.25. The van der Waals surface area contributed by atoms with Gasteiger partial charge in [0.2, 0.25) is 0 Å². The average Bonchev–Trinajstić information content (AvgIpc) is 2.67. The van der Waals surface area contributed by atoms with Crippen LogP contribution in [0.1, 0.15) is 49.3 Å². The zero-order valence-corrected chi connectivity index (χ0v) is 11.9. The molecule has 1 aliphatic heterocycles. The molecule has 0 amide bonds. The Balaban J connectivity index is 1.85. The SMILES string of the molecule is Cc1ccc(C(N)CCN2CCCCCC2)cc1F. The van der Waals surface area contributed by atoms with Gasteiger partial charge in [0, 0.05) is 6.04 Å². The second-order valence-electron chi connectivity index (χ2n) is 5.66. The molecule has 1 aromatic rings. The minimum Gasteiger partial charge on any atom is -0.324 e. The van der Waals surface area contributed by atoms with Crippen LogP contribution >= 0.6 is 0 Å². The van der Waals surface area contributed by atoms with Crippen molar-refractivity contribution in [3.8, 4) is 0 Å². The molecular formula is C16H25FN2. The van der Waals surface area contributed by atoms with E-state index < -0.39 is 0 Å². The van der Waals surface area contributed by atoms with Gasteiger partial charge >= 0.3 is 0 Å². The molecule has 1 unspecified atom stereocenters. The van der Waals surface area contributed by atoms with E-state index in [1.807, 2.05) is 12.1 Å². The van der Waals surface area contributed by atoms with Gasteiger partial charge in [0.05, 0.1) is 0 Å². The Morgan fingerprint density at radius 3 is 2.53 bits per heavy atom. The molecule has 1 fully saturated rings. The van der Waals surface area contributed by atoms with E-state index in [9.17, 15) is 4.39 Å². The fourth-order valence-electron chi connectivity index (χ4n) is 2.69. The first-order valence-electron chi connectivity index (χ1n) is 7.41. The molecule has 1 heterocycles. The zero-order valence-electron chi connectivity index (χ0n) is 11.9. The van der Waals surface area contributed by atoms with Gasteiger partial charge in [0.1, 0.15) is 5.82 Å². The van der Waals surface area contributed by atoms with Gasteiger partial charge < -0.3 is 10.6 Å². The number of nitrogens with zero attached hydrogens (tertiary/aromatic N) is 1. The summed E-state index contributed by atoms with van der Waals surface area (Å²) >= 11 is 0. The van der Waals surface area contributed by atoms with Crippen LogP contribution < -0.4 is 5.73 Å². The lowest BCUT2D eigenvalue weighted by molar-refractivity contribution is 0.273. The first-order chi connectivity index (χ1) is 9.16. The molecule has 1 aliphatic rings. The fraction of sp³-hybridized carbons (Fsp3) is 0.625. The van der Waals surface area contributed by atoms with Gasteiger partial charge in [-0.25, -0.2) is 4.39 Å². The minimum atomic E-state index is -0.150. The number of rotatable bonds is 4. The smallest absolute Gasteiger partial charge is 0.126 e. The van der Waals surface area contributed by atoms with Crippen LogP contribution in [0.25, 0.3) is 0 Å². The van der Waals surface area contributed by atoms with Gasteiger partial charge in [0.25, 0.3) is 0 Å². The quantitative estimate of drug-likeness (QED) is 0.903. The highest BCUT2D eigenvalue weighted by Gasteiger charge is 2.12. The van der Waals surface area contributed by atoms with E-state index in [1.165, 1.54) is 38.8 Å². The maximum absolute atomic E-state index is 13.5. The molecule has 1 aromatic carbocycles. The third kappa shape index (κ3) is 4.29. The number of hydrogen-bond donors (Lipinski definition) is 1. The highest BCUT2D eigenvalue weighted by Crippen LogP contribution is 2.19. The van der Waals surface area contributed by atoms with Crippen LogP contribution in [0.4, 0.5) is 4.39 Å². The van der Waals surface area contributed by atoms with Gasteiger partial charge in [-0.1, -0.05) is 25.0 Å². The zero-order chi connectivity index (χ0) is 13.7. The minimum absolute atomic E-state index is 0.0571. The summed E-state index contributed by atoms with van der Waals surface area (Å²) in [5.74, 6) is -0.150. The Labute approximate surface area is 115 Å². The van der Waals surface area contributed by atoms with Crippen molar-refractivity contribution in [2.45, 2.75) is 45.1 Å². The van der Waals surface area contributed by atoms with Crippen molar-refractivity contribution >= 4 is 0 Å². The van der Waals surface area contributed by atoms with Crippen LogP contribution in [0.15, 0.2) is 18.2 Å². The summed E-state index contributed by atoms with van der Waals surface area (Å²) in [4.78, 5) is 2.50. The van der Waals surface area contributed by atoms with Crippen LogP contribution in [0.3, 0.4) is 0 Å². The van der Waals surface area contributed by atoms with E-state index in [-0.39, 0.29) is 11.9 Å². The molecule has 106 valence electrons. The van der Waals surface area contributed by atoms with E-state index in [0.29, 0.717) is 5.56 Å². The Bertz CT molecular complexity index is 398. The molecule has 1 saturated heterocycles. The normalized spacial score (nSPS) is 19.1. The van der Waals surface area contributed by atoms with Gasteiger partial charge in [-0.2, -0.15) is 0 Å². The highest BCUT2D eigenvalue weighted by atomic mass is 19.1. The molecule has 2 N–H and O–H groups in total. The third-order valence-corrected chi connectivity index (χ3v) is 4.08. The van der Waals surface area contributed by atoms with Gasteiger partial charge in [-0.05, 0) is 63.0 Å². The topological polar surface area (TPSA) is 29.3 Å². The summed E-state index contributed by atoms with van der Waals surface area (Å²) in [6.45, 7) is 5.18. The molecule has 2 nitrogen and oxygen atoms in total. The van der Waals surface area contributed by atoms with Crippen molar-refractivity contribution in [3.63, 3.8) is 0 Å². The Morgan fingerprint density at radius 2 is 1.89 bits per heavy atom. The number of nitrogens with two attached hydrogens (primary N) is 1. The third-order valence-electron chi connectivity index (χ3n) is 4.08. The molecule has 19 heavy (non-hydrogen) atoms. The average molecular weight is 264 g/mol. The first kappa shape index (κ1) is 14.5. The second-order valence-corrected chi connectivity index (χ2v) is 5.66. The lowest BCUT2D eigenvalue weighted by Gasteiger charge is -2.22. The Morgan fingerprint density at radius 1 is 1.21 bits per heavy atom. The first-order valence-corrected chi connectivity index (χ1v) is 7.41. The molecule has 2 rings (SSSR count). The summed E-state index contributed by atoms with van der Waals surface area (Å²) in [6.07, 6.45) is 6.21. The van der Waals surface area contributed by atoms with Crippen LogP contribution in [-0.4, -0.2) is 24.5 Å². The molecule has 0 aliphatic carbocycles. The molecule has 3 heteroatoms. The lowest BCUT2D eigenvalue weighted by Crippen LogP contribution is -2.28. The second kappa shape index (κ2) is 7.01. The molecule has 0 aromatic heterocycles. The van der Waals surface area contributed by atoms with Gasteiger partial charge in [-0.3, -0.25) is 0 Å². The summed E-state index contributed by atoms with van der Waals surface area (Å²) in [5.41, 5.74) is 7.78. The van der Waals surface area contributed by atoms with Crippen molar-refractivity contribution in [2.24, 2.45) is 5.73 Å². The Kier molecular flexibility index (Phi) is 5.34. The van der Waals surface area contributed by atoms with Crippen molar-refractivity contribution in [2.75, 3.05) is 19.6 Å². The molecule has 0 saturated carbocycles. The predicted octanol–water partition coefficient (Wildman–Crippen LogP) is 3.40. The lowest BCUT2D eigenvalue weighted by atomic mass is 10.0. The van der Waals surface area contributed by atoms with E-state index in [0.717, 1.165) is 18.5 Å². The summed E-state index contributed by atoms with van der Waals surface area (Å²) in [7, 11) is 0. The fourth-order valence-corrected chi connectivity index (χ4v) is 2.69. The number of aryl methyl sites for hydroxylation is 1. The van der Waals surface area contributed by atoms with E-state index >= 15 is 0 Å². The molecule has 0 bridgehead atoms. The van der Waals surface area contributed by atoms with Crippen molar-refractivity contribution < 1.29 is 4.39 Å². The summed E-state index contributed by atoms with van der Waals surface area (Å²) in [5, 5.41) is 0. The van der Waals surface area contributed by atoms with E-state index in [4.69, 9.17) is 5.73 Å². The number of benzene rings is 1. The van der Waals surface area contributed by atoms with Crippen LogP contribution in [0.2, 0.25) is 0 Å². The van der Waals surface area contributed by atoms with E-state index in [2.05, 4.69) is 4.90 Å². The van der Waals surface area contributed by atoms with Gasteiger partial charge in [0.15, 0.2) is 0 Å². The van der Waals surface area contributed by atoms with Crippen molar-refractivity contribution in [1.29, 1.82) is 0 Å². The molecule has 1 atom stereocenters. The predicted molar refractivity (Wildman–Crippen MR) is 77.6 cm³/mol. The standard InChI is InChI=1S/C16H25FN2/c1-13-6-7-14(12-15(13)17)16(18)8-11-19-9-4-2-3-5-10-19/h6-7,12,16H,2-5,8-11,18H2,1H3. The largest absolute Gasteiger partial charge is 0.324 e. The van der Waals surface area contributed by atoms with Gasteiger partial charge in [-0.15, -0.1) is 0 Å². The van der Waals surface area contributed by atoms with Crippen molar-refractivity contribution in [3.05, 3.63) is 35.1 Å². The maximum Gasteiger partial charge on any atom is 0.126 e. The van der Waals surface area contributed by atoms with E-state index in [1.54, 1.807) is 13.0 Å². The summed E-state index contributed by atoms with van der Waals surface area (Å²) in [6, 6.07) is 5.29.